The molecule has 0 bridgehead atoms. The largest absolute Gasteiger partial charge is 0.481 e. The lowest BCUT2D eigenvalue weighted by molar-refractivity contribution is -0.138. The van der Waals surface area contributed by atoms with E-state index in [1.807, 2.05) is 0 Å². The van der Waals surface area contributed by atoms with Crippen molar-refractivity contribution in [1.29, 1.82) is 0 Å². The fourth-order valence-corrected chi connectivity index (χ4v) is 2.51. The summed E-state index contributed by atoms with van der Waals surface area (Å²) in [5.74, 6) is -2.31. The van der Waals surface area contributed by atoms with E-state index in [1.165, 1.54) is 12.1 Å². The van der Waals surface area contributed by atoms with E-state index in [9.17, 15) is 14.0 Å². The first-order valence-corrected chi connectivity index (χ1v) is 7.40. The lowest BCUT2D eigenvalue weighted by Crippen LogP contribution is -2.38. The normalized spacial score (nSPS) is 19.5. The zero-order valence-corrected chi connectivity index (χ0v) is 12.6. The molecule has 1 aliphatic rings. The fraction of sp³-hybridized carbons (Fsp3) is 0.467. The summed E-state index contributed by atoms with van der Waals surface area (Å²) >= 11 is 5.62. The molecule has 22 heavy (non-hydrogen) atoms. The van der Waals surface area contributed by atoms with Gasteiger partial charge in [0, 0.05) is 6.61 Å². The highest BCUT2D eigenvalue weighted by atomic mass is 35.5. The number of halogens is 2. The van der Waals surface area contributed by atoms with E-state index >= 15 is 0 Å². The predicted molar refractivity (Wildman–Crippen MR) is 78.1 cm³/mol. The van der Waals surface area contributed by atoms with Crippen molar-refractivity contribution in [3.63, 3.8) is 0 Å². The van der Waals surface area contributed by atoms with Gasteiger partial charge < -0.3 is 15.2 Å². The van der Waals surface area contributed by atoms with Crippen LogP contribution < -0.4 is 5.32 Å². The molecule has 0 spiro atoms. The summed E-state index contributed by atoms with van der Waals surface area (Å²) in [6.45, 7) is 0.950. The zero-order chi connectivity index (χ0) is 16.1. The van der Waals surface area contributed by atoms with E-state index in [2.05, 4.69) is 5.32 Å². The molecule has 0 aromatic heterocycles. The number of carbonyl (C=O) groups is 2. The summed E-state index contributed by atoms with van der Waals surface area (Å²) in [7, 11) is 0. The van der Waals surface area contributed by atoms with Gasteiger partial charge in [0.2, 0.25) is 5.91 Å². The number of hydrogen-bond acceptors (Lipinski definition) is 3. The number of carbonyl (C=O) groups excluding carboxylic acids is 1. The molecule has 2 N–H and O–H groups in total. The number of carboxylic acids is 1. The Bertz CT molecular complexity index is 560. The Morgan fingerprint density at radius 1 is 1.50 bits per heavy atom. The standard InChI is InChI=1S/C15H17ClFNO4/c16-11-4-3-9(6-12(11)17)13(7-14(19)20)18-15(21)10-2-1-5-22-8-10/h3-4,6,10,13H,1-2,5,7-8H2,(H,18,21)(H,19,20)/t10-,13-/m1/s1. The van der Waals surface area contributed by atoms with Gasteiger partial charge in [0.15, 0.2) is 0 Å². The van der Waals surface area contributed by atoms with Crippen LogP contribution in [0.5, 0.6) is 0 Å². The minimum Gasteiger partial charge on any atom is -0.481 e. The molecule has 1 aromatic rings. The molecule has 0 radical (unpaired) electrons. The summed E-state index contributed by atoms with van der Waals surface area (Å²) in [5, 5.41) is 11.6. The molecule has 1 amide bonds. The average Bonchev–Trinajstić information content (AvgIpc) is 2.49. The first-order chi connectivity index (χ1) is 10.5. The van der Waals surface area contributed by atoms with Crippen molar-refractivity contribution in [1.82, 2.24) is 5.32 Å². The first-order valence-electron chi connectivity index (χ1n) is 7.02. The molecule has 1 fully saturated rings. The van der Waals surface area contributed by atoms with Crippen molar-refractivity contribution >= 4 is 23.5 Å². The average molecular weight is 330 g/mol. The monoisotopic (exact) mass is 329 g/mol. The van der Waals surface area contributed by atoms with Crippen LogP contribution in [0, 0.1) is 11.7 Å². The molecule has 0 aliphatic carbocycles. The summed E-state index contributed by atoms with van der Waals surface area (Å²) in [6.07, 6.45) is 1.15. The molecular weight excluding hydrogens is 313 g/mol. The van der Waals surface area contributed by atoms with Crippen LogP contribution in [0.25, 0.3) is 0 Å². The summed E-state index contributed by atoms with van der Waals surface area (Å²) in [6, 6.07) is 3.19. The highest BCUT2D eigenvalue weighted by Crippen LogP contribution is 2.24. The Morgan fingerprint density at radius 3 is 2.86 bits per heavy atom. The number of benzene rings is 1. The van der Waals surface area contributed by atoms with Crippen LogP contribution in [-0.2, 0) is 14.3 Å². The minimum absolute atomic E-state index is 0.0511. The summed E-state index contributed by atoms with van der Waals surface area (Å²) in [4.78, 5) is 23.2. The van der Waals surface area contributed by atoms with Crippen molar-refractivity contribution < 1.29 is 23.8 Å². The molecule has 2 rings (SSSR count). The van der Waals surface area contributed by atoms with E-state index in [-0.39, 0.29) is 23.3 Å². The zero-order valence-electron chi connectivity index (χ0n) is 11.9. The molecule has 5 nitrogen and oxygen atoms in total. The second kappa shape index (κ2) is 7.56. The second-order valence-electron chi connectivity index (χ2n) is 5.25. The molecule has 7 heteroatoms. The van der Waals surface area contributed by atoms with Crippen LogP contribution in [-0.4, -0.2) is 30.2 Å². The molecule has 2 atom stereocenters. The van der Waals surface area contributed by atoms with Gasteiger partial charge in [-0.15, -0.1) is 0 Å². The van der Waals surface area contributed by atoms with E-state index in [0.29, 0.717) is 25.2 Å². The van der Waals surface area contributed by atoms with Crippen LogP contribution >= 0.6 is 11.6 Å². The Morgan fingerprint density at radius 2 is 2.27 bits per heavy atom. The molecule has 1 heterocycles. The van der Waals surface area contributed by atoms with Crippen LogP contribution in [0.2, 0.25) is 5.02 Å². The van der Waals surface area contributed by atoms with Crippen molar-refractivity contribution in [2.24, 2.45) is 5.92 Å². The van der Waals surface area contributed by atoms with Gasteiger partial charge in [-0.2, -0.15) is 0 Å². The molecule has 1 saturated heterocycles. The lowest BCUT2D eigenvalue weighted by Gasteiger charge is -2.24. The molecule has 120 valence electrons. The lowest BCUT2D eigenvalue weighted by atomic mass is 9.98. The summed E-state index contributed by atoms with van der Waals surface area (Å²) < 4.78 is 18.8. The Balaban J connectivity index is 2.12. The number of aliphatic carboxylic acids is 1. The van der Waals surface area contributed by atoms with Crippen LogP contribution in [0.15, 0.2) is 18.2 Å². The van der Waals surface area contributed by atoms with Gasteiger partial charge in [-0.1, -0.05) is 17.7 Å². The van der Waals surface area contributed by atoms with Gasteiger partial charge in [0.25, 0.3) is 0 Å². The smallest absolute Gasteiger partial charge is 0.305 e. The van der Waals surface area contributed by atoms with Gasteiger partial charge in [0.05, 0.1) is 30.0 Å². The number of nitrogens with one attached hydrogen (secondary N) is 1. The van der Waals surface area contributed by atoms with Crippen LogP contribution in [0.4, 0.5) is 4.39 Å². The van der Waals surface area contributed by atoms with Crippen molar-refractivity contribution in [2.45, 2.75) is 25.3 Å². The molecular formula is C15H17ClFNO4. The molecule has 0 saturated carbocycles. The third-order valence-electron chi connectivity index (χ3n) is 3.57. The number of ether oxygens (including phenoxy) is 1. The van der Waals surface area contributed by atoms with Gasteiger partial charge in [-0.3, -0.25) is 9.59 Å². The molecule has 1 aliphatic heterocycles. The topological polar surface area (TPSA) is 75.6 Å². The Hall–Kier alpha value is -1.66. The van der Waals surface area contributed by atoms with Crippen LogP contribution in [0.1, 0.15) is 30.9 Å². The third kappa shape index (κ3) is 4.42. The van der Waals surface area contributed by atoms with E-state index < -0.39 is 17.8 Å². The quantitative estimate of drug-likeness (QED) is 0.870. The highest BCUT2D eigenvalue weighted by molar-refractivity contribution is 6.30. The van der Waals surface area contributed by atoms with Crippen molar-refractivity contribution in [2.75, 3.05) is 13.2 Å². The summed E-state index contributed by atoms with van der Waals surface area (Å²) in [5.41, 5.74) is 0.370. The van der Waals surface area contributed by atoms with Crippen LogP contribution in [0.3, 0.4) is 0 Å². The SMILES string of the molecule is O=C(O)C[C@@H](NC(=O)[C@@H]1CCCOC1)c1ccc(Cl)c(F)c1. The number of carboxylic acid groups (broad SMARTS) is 1. The van der Waals surface area contributed by atoms with Gasteiger partial charge in [-0.05, 0) is 30.5 Å². The van der Waals surface area contributed by atoms with Gasteiger partial charge >= 0.3 is 5.97 Å². The van der Waals surface area contributed by atoms with Crippen molar-refractivity contribution in [3.05, 3.63) is 34.6 Å². The van der Waals surface area contributed by atoms with Crippen molar-refractivity contribution in [3.8, 4) is 0 Å². The minimum atomic E-state index is -1.08. The highest BCUT2D eigenvalue weighted by Gasteiger charge is 2.26. The fourth-order valence-electron chi connectivity index (χ4n) is 2.39. The molecule has 1 aromatic carbocycles. The predicted octanol–water partition coefficient (Wildman–Crippen LogP) is 2.54. The maximum atomic E-state index is 13.6. The number of amides is 1. The van der Waals surface area contributed by atoms with E-state index in [1.54, 1.807) is 0 Å². The molecule has 0 unspecified atom stereocenters. The van der Waals surface area contributed by atoms with E-state index in [0.717, 1.165) is 12.5 Å². The van der Waals surface area contributed by atoms with Gasteiger partial charge in [-0.25, -0.2) is 4.39 Å². The number of rotatable bonds is 5. The number of hydrogen-bond donors (Lipinski definition) is 2. The second-order valence-corrected chi connectivity index (χ2v) is 5.65. The first kappa shape index (κ1) is 16.7. The maximum Gasteiger partial charge on any atom is 0.305 e. The third-order valence-corrected chi connectivity index (χ3v) is 3.88. The van der Waals surface area contributed by atoms with Gasteiger partial charge in [0.1, 0.15) is 5.82 Å². The Kier molecular flexibility index (Phi) is 5.74. The Labute approximate surface area is 132 Å². The van der Waals surface area contributed by atoms with E-state index in [4.69, 9.17) is 21.4 Å². The maximum absolute atomic E-state index is 13.6.